The number of hydrogen-bond acceptors (Lipinski definition) is 2. The van der Waals surface area contributed by atoms with Gasteiger partial charge >= 0.3 is 0 Å². The van der Waals surface area contributed by atoms with Gasteiger partial charge in [0.25, 0.3) is 0 Å². The molecule has 2 aliphatic rings. The number of ketones is 1. The molecule has 1 aliphatic carbocycles. The van der Waals surface area contributed by atoms with E-state index < -0.39 is 0 Å². The van der Waals surface area contributed by atoms with E-state index in [1.807, 2.05) is 0 Å². The maximum Gasteiger partial charge on any atom is 0.133 e. The van der Waals surface area contributed by atoms with Crippen molar-refractivity contribution in [2.75, 3.05) is 13.2 Å². The molecule has 0 aromatic heterocycles. The van der Waals surface area contributed by atoms with Gasteiger partial charge in [0, 0.05) is 26.1 Å². The van der Waals surface area contributed by atoms with Gasteiger partial charge in [0.1, 0.15) is 5.78 Å². The Morgan fingerprint density at radius 2 is 2.17 bits per heavy atom. The van der Waals surface area contributed by atoms with Crippen molar-refractivity contribution in [1.29, 1.82) is 0 Å². The maximum absolute atomic E-state index is 11.2. The number of carbonyl (C=O) groups is 1. The predicted octanol–water partition coefficient (Wildman–Crippen LogP) is 1.78. The summed E-state index contributed by atoms with van der Waals surface area (Å²) in [5.41, 5.74) is 0. The molecule has 1 saturated heterocycles. The van der Waals surface area contributed by atoms with Crippen LogP contribution in [-0.4, -0.2) is 19.0 Å². The Balaban J connectivity index is 1.89. The van der Waals surface area contributed by atoms with Crippen LogP contribution in [0.2, 0.25) is 0 Å². The third-order valence-corrected chi connectivity index (χ3v) is 3.15. The van der Waals surface area contributed by atoms with Crippen LogP contribution in [0.25, 0.3) is 0 Å². The van der Waals surface area contributed by atoms with E-state index in [9.17, 15) is 4.79 Å². The molecule has 0 bridgehead atoms. The summed E-state index contributed by atoms with van der Waals surface area (Å²) in [6.07, 6.45) is 5.19. The fourth-order valence-corrected chi connectivity index (χ4v) is 2.38. The van der Waals surface area contributed by atoms with Gasteiger partial charge in [-0.25, -0.2) is 0 Å². The highest BCUT2D eigenvalue weighted by Crippen LogP contribution is 2.32. The van der Waals surface area contributed by atoms with E-state index in [0.29, 0.717) is 17.6 Å². The van der Waals surface area contributed by atoms with Crippen molar-refractivity contribution in [3.8, 4) is 0 Å². The lowest BCUT2D eigenvalue weighted by Gasteiger charge is -2.25. The van der Waals surface area contributed by atoms with Gasteiger partial charge in [0.15, 0.2) is 0 Å². The van der Waals surface area contributed by atoms with Crippen molar-refractivity contribution in [2.24, 2.45) is 11.8 Å². The van der Waals surface area contributed by atoms with Crippen molar-refractivity contribution in [3.63, 3.8) is 0 Å². The summed E-state index contributed by atoms with van der Waals surface area (Å²) in [7, 11) is 0. The Labute approximate surface area is 73.3 Å². The Hall–Kier alpha value is -0.370. The molecule has 0 unspecified atom stereocenters. The maximum atomic E-state index is 11.2. The summed E-state index contributed by atoms with van der Waals surface area (Å²) in [5.74, 6) is 1.81. The molecular formula is C10H16O2. The average Bonchev–Trinajstić information content (AvgIpc) is 2.56. The van der Waals surface area contributed by atoms with Crippen molar-refractivity contribution in [3.05, 3.63) is 0 Å². The van der Waals surface area contributed by atoms with Crippen molar-refractivity contribution in [2.45, 2.75) is 32.1 Å². The number of carbonyl (C=O) groups excluding carboxylic acids is 1. The van der Waals surface area contributed by atoms with Crippen LogP contribution in [0, 0.1) is 11.8 Å². The molecule has 12 heavy (non-hydrogen) atoms. The molecule has 2 fully saturated rings. The minimum absolute atomic E-state index is 0.471. The second-order valence-electron chi connectivity index (χ2n) is 4.02. The summed E-state index contributed by atoms with van der Waals surface area (Å²) in [6.45, 7) is 1.81. The zero-order valence-corrected chi connectivity index (χ0v) is 7.42. The van der Waals surface area contributed by atoms with Gasteiger partial charge in [0.05, 0.1) is 0 Å². The predicted molar refractivity (Wildman–Crippen MR) is 45.9 cm³/mol. The van der Waals surface area contributed by atoms with E-state index in [0.717, 1.165) is 32.5 Å². The van der Waals surface area contributed by atoms with Crippen LogP contribution in [0.15, 0.2) is 0 Å². The third kappa shape index (κ3) is 1.69. The van der Waals surface area contributed by atoms with Gasteiger partial charge in [-0.15, -0.1) is 0 Å². The molecule has 2 rings (SSSR count). The van der Waals surface area contributed by atoms with E-state index >= 15 is 0 Å². The van der Waals surface area contributed by atoms with Crippen molar-refractivity contribution >= 4 is 5.78 Å². The van der Waals surface area contributed by atoms with Gasteiger partial charge in [-0.05, 0) is 31.1 Å². The first-order valence-electron chi connectivity index (χ1n) is 4.95. The van der Waals surface area contributed by atoms with E-state index in [4.69, 9.17) is 4.74 Å². The Morgan fingerprint density at radius 1 is 1.25 bits per heavy atom. The fraction of sp³-hybridized carbons (Fsp3) is 0.900. The van der Waals surface area contributed by atoms with Gasteiger partial charge in [-0.2, -0.15) is 0 Å². The minimum Gasteiger partial charge on any atom is -0.381 e. The Bertz CT molecular complexity index is 171. The van der Waals surface area contributed by atoms with Gasteiger partial charge < -0.3 is 4.74 Å². The highest BCUT2D eigenvalue weighted by Gasteiger charge is 2.29. The topological polar surface area (TPSA) is 26.3 Å². The highest BCUT2D eigenvalue weighted by atomic mass is 16.5. The first-order chi connectivity index (χ1) is 5.86. The normalized spacial score (nSPS) is 37.2. The molecule has 2 atom stereocenters. The molecule has 1 aliphatic heterocycles. The highest BCUT2D eigenvalue weighted by molar-refractivity contribution is 5.79. The average molecular weight is 168 g/mol. The molecule has 2 nitrogen and oxygen atoms in total. The molecule has 0 aromatic rings. The molecule has 0 amide bonds. The van der Waals surface area contributed by atoms with Crippen molar-refractivity contribution in [1.82, 2.24) is 0 Å². The molecule has 0 aromatic carbocycles. The number of rotatable bonds is 1. The van der Waals surface area contributed by atoms with Crippen LogP contribution in [0.3, 0.4) is 0 Å². The number of Topliss-reactive ketones (excluding diaryl/α,β-unsaturated/α-hetero) is 1. The lowest BCUT2D eigenvalue weighted by Crippen LogP contribution is -2.22. The summed E-state index contributed by atoms with van der Waals surface area (Å²) in [6, 6.07) is 0. The SMILES string of the molecule is O=C1CCC[C@@H]([C@@H]2CCOC2)C1. The third-order valence-electron chi connectivity index (χ3n) is 3.15. The van der Waals surface area contributed by atoms with E-state index in [1.165, 1.54) is 12.8 Å². The number of ether oxygens (including phenoxy) is 1. The first kappa shape index (κ1) is 8.24. The Kier molecular flexibility index (Phi) is 2.45. The summed E-state index contributed by atoms with van der Waals surface area (Å²) in [4.78, 5) is 11.2. The monoisotopic (exact) mass is 168 g/mol. The van der Waals surface area contributed by atoms with Crippen LogP contribution in [0.4, 0.5) is 0 Å². The van der Waals surface area contributed by atoms with Gasteiger partial charge in [0.2, 0.25) is 0 Å². The standard InChI is InChI=1S/C10H16O2/c11-10-3-1-2-8(6-10)9-4-5-12-7-9/h8-9H,1-7H2/t8-,9-/m1/s1. The summed E-state index contributed by atoms with van der Waals surface area (Å²) in [5, 5.41) is 0. The van der Waals surface area contributed by atoms with E-state index in [1.54, 1.807) is 0 Å². The lowest BCUT2D eigenvalue weighted by molar-refractivity contribution is -0.122. The van der Waals surface area contributed by atoms with Gasteiger partial charge in [-0.3, -0.25) is 4.79 Å². The summed E-state index contributed by atoms with van der Waals surface area (Å²) >= 11 is 0. The fourth-order valence-electron chi connectivity index (χ4n) is 2.38. The molecule has 68 valence electrons. The molecular weight excluding hydrogens is 152 g/mol. The van der Waals surface area contributed by atoms with Crippen molar-refractivity contribution < 1.29 is 9.53 Å². The van der Waals surface area contributed by atoms with E-state index in [-0.39, 0.29) is 0 Å². The van der Waals surface area contributed by atoms with Gasteiger partial charge in [-0.1, -0.05) is 0 Å². The smallest absolute Gasteiger partial charge is 0.133 e. The van der Waals surface area contributed by atoms with Crippen LogP contribution < -0.4 is 0 Å². The second kappa shape index (κ2) is 3.56. The minimum atomic E-state index is 0.471. The Morgan fingerprint density at radius 3 is 2.83 bits per heavy atom. The summed E-state index contributed by atoms with van der Waals surface area (Å²) < 4.78 is 5.33. The van der Waals surface area contributed by atoms with Crippen LogP contribution in [0.5, 0.6) is 0 Å². The number of hydrogen-bond donors (Lipinski definition) is 0. The molecule has 0 spiro atoms. The lowest BCUT2D eigenvalue weighted by atomic mass is 9.79. The second-order valence-corrected chi connectivity index (χ2v) is 4.02. The largest absolute Gasteiger partial charge is 0.381 e. The quantitative estimate of drug-likeness (QED) is 0.596. The molecule has 0 N–H and O–H groups in total. The van der Waals surface area contributed by atoms with Crippen LogP contribution in [0.1, 0.15) is 32.1 Å². The zero-order valence-electron chi connectivity index (χ0n) is 7.42. The van der Waals surface area contributed by atoms with Crippen LogP contribution >= 0.6 is 0 Å². The molecule has 2 heteroatoms. The first-order valence-corrected chi connectivity index (χ1v) is 4.95. The van der Waals surface area contributed by atoms with Crippen LogP contribution in [-0.2, 0) is 9.53 Å². The molecule has 1 heterocycles. The zero-order chi connectivity index (χ0) is 8.39. The molecule has 0 radical (unpaired) electrons. The van der Waals surface area contributed by atoms with E-state index in [2.05, 4.69) is 0 Å². The molecule has 1 saturated carbocycles.